The molecule has 0 radical (unpaired) electrons. The lowest BCUT2D eigenvalue weighted by Crippen LogP contribution is -2.71. The van der Waals surface area contributed by atoms with Crippen LogP contribution in [0.5, 0.6) is 0 Å². The maximum Gasteiger partial charge on any atom is 0.352 e. The number of carboxylic acid groups (broad SMARTS) is 1. The van der Waals surface area contributed by atoms with Crippen molar-refractivity contribution in [3.05, 3.63) is 34.2 Å². The number of nitrogens with zero attached hydrogens (tertiary/aromatic N) is 1. The highest BCUT2D eigenvalue weighted by Gasteiger charge is 2.51. The highest BCUT2D eigenvalue weighted by molar-refractivity contribution is 7.10. The van der Waals surface area contributed by atoms with Gasteiger partial charge in [0.2, 0.25) is 5.91 Å². The first-order valence-corrected chi connectivity index (χ1v) is 7.54. The molecule has 3 heterocycles. The van der Waals surface area contributed by atoms with Crippen LogP contribution in [0.15, 0.2) is 29.3 Å². The molecule has 0 spiro atoms. The Labute approximate surface area is 125 Å². The second-order valence-corrected chi connectivity index (χ2v) is 6.08. The molecule has 2 unspecified atom stereocenters. The van der Waals surface area contributed by atoms with Gasteiger partial charge in [-0.1, -0.05) is 12.1 Å². The smallest absolute Gasteiger partial charge is 0.352 e. The number of fused-ring (bicyclic) bond motifs is 1. The first-order valence-electron chi connectivity index (χ1n) is 6.66. The highest BCUT2D eigenvalue weighted by atomic mass is 32.1. The summed E-state index contributed by atoms with van der Waals surface area (Å²) in [6, 6.07) is 2.90. The van der Waals surface area contributed by atoms with Gasteiger partial charge in [-0.3, -0.25) is 14.5 Å². The molecule has 1 fully saturated rings. The first kappa shape index (κ1) is 13.8. The largest absolute Gasteiger partial charge is 0.477 e. The van der Waals surface area contributed by atoms with Crippen LogP contribution in [0.1, 0.15) is 17.7 Å². The van der Waals surface area contributed by atoms with E-state index in [2.05, 4.69) is 5.32 Å². The molecule has 2 atom stereocenters. The molecule has 2 aliphatic heterocycles. The minimum absolute atomic E-state index is 0.0278. The predicted octanol–water partition coefficient (Wildman–Crippen LogP) is 0.748. The van der Waals surface area contributed by atoms with Gasteiger partial charge >= 0.3 is 5.97 Å². The summed E-state index contributed by atoms with van der Waals surface area (Å²) in [6.07, 6.45) is 3.08. The lowest BCUT2D eigenvalue weighted by molar-refractivity contribution is -0.155. The summed E-state index contributed by atoms with van der Waals surface area (Å²) in [4.78, 5) is 37.3. The van der Waals surface area contributed by atoms with Crippen LogP contribution in [0, 0.1) is 0 Å². The SMILES string of the molecule is O=C(Cc1cccs1)NC1C(=O)N2C(C(=O)O)=CCCC12. The maximum atomic E-state index is 12.1. The molecule has 1 saturated heterocycles. The molecule has 2 aliphatic rings. The quantitative estimate of drug-likeness (QED) is 0.804. The van der Waals surface area contributed by atoms with Gasteiger partial charge in [0.05, 0.1) is 12.5 Å². The Bertz CT molecular complexity index is 623. The van der Waals surface area contributed by atoms with Crippen LogP contribution in [-0.2, 0) is 20.8 Å². The standard InChI is InChI=1S/C14H14N2O4S/c17-11(7-8-3-2-6-21-8)15-12-9-4-1-5-10(14(19)20)16(9)13(12)18/h2-3,5-6,9,12H,1,4,7H2,(H,15,17)(H,19,20). The van der Waals surface area contributed by atoms with E-state index in [4.69, 9.17) is 5.11 Å². The molecule has 3 rings (SSSR count). The fourth-order valence-corrected chi connectivity index (χ4v) is 3.47. The van der Waals surface area contributed by atoms with Crippen LogP contribution >= 0.6 is 11.3 Å². The van der Waals surface area contributed by atoms with Gasteiger partial charge in [-0.05, 0) is 24.3 Å². The Hall–Kier alpha value is -2.15. The van der Waals surface area contributed by atoms with E-state index in [1.54, 1.807) is 6.08 Å². The van der Waals surface area contributed by atoms with Crippen molar-refractivity contribution in [3.63, 3.8) is 0 Å². The third kappa shape index (κ3) is 2.44. The molecular weight excluding hydrogens is 292 g/mol. The lowest BCUT2D eigenvalue weighted by atomic mass is 9.86. The minimum atomic E-state index is -1.10. The van der Waals surface area contributed by atoms with Crippen molar-refractivity contribution >= 4 is 29.1 Å². The van der Waals surface area contributed by atoms with E-state index in [1.165, 1.54) is 16.2 Å². The van der Waals surface area contributed by atoms with Gasteiger partial charge in [-0.2, -0.15) is 0 Å². The van der Waals surface area contributed by atoms with Gasteiger partial charge in [0.25, 0.3) is 5.91 Å². The number of allylic oxidation sites excluding steroid dienone is 1. The maximum absolute atomic E-state index is 12.1. The molecule has 0 bridgehead atoms. The van der Waals surface area contributed by atoms with Crippen molar-refractivity contribution < 1.29 is 19.5 Å². The van der Waals surface area contributed by atoms with Crippen LogP contribution in [0.4, 0.5) is 0 Å². The Kier molecular flexibility index (Phi) is 3.50. The zero-order valence-electron chi connectivity index (χ0n) is 11.1. The Balaban J connectivity index is 1.64. The van der Waals surface area contributed by atoms with E-state index < -0.39 is 12.0 Å². The molecule has 0 saturated carbocycles. The number of thiophene rings is 1. The average molecular weight is 306 g/mol. The van der Waals surface area contributed by atoms with E-state index in [0.29, 0.717) is 12.8 Å². The van der Waals surface area contributed by atoms with Crippen molar-refractivity contribution in [3.8, 4) is 0 Å². The van der Waals surface area contributed by atoms with Gasteiger partial charge in [0.1, 0.15) is 11.7 Å². The molecule has 1 aromatic heterocycles. The number of hydrogen-bond acceptors (Lipinski definition) is 4. The molecule has 110 valence electrons. The number of rotatable bonds is 4. The van der Waals surface area contributed by atoms with Crippen LogP contribution in [-0.4, -0.2) is 39.9 Å². The fourth-order valence-electron chi connectivity index (χ4n) is 2.77. The number of carboxylic acids is 1. The van der Waals surface area contributed by atoms with Crippen molar-refractivity contribution in [2.45, 2.75) is 31.3 Å². The number of carbonyl (C=O) groups is 3. The second-order valence-electron chi connectivity index (χ2n) is 5.05. The number of hydrogen-bond donors (Lipinski definition) is 2. The van der Waals surface area contributed by atoms with Crippen LogP contribution < -0.4 is 5.32 Å². The van der Waals surface area contributed by atoms with E-state index >= 15 is 0 Å². The van der Waals surface area contributed by atoms with Crippen molar-refractivity contribution in [1.82, 2.24) is 10.2 Å². The zero-order chi connectivity index (χ0) is 15.0. The Morgan fingerprint density at radius 1 is 1.48 bits per heavy atom. The van der Waals surface area contributed by atoms with Crippen molar-refractivity contribution in [2.75, 3.05) is 0 Å². The Morgan fingerprint density at radius 2 is 2.29 bits per heavy atom. The Morgan fingerprint density at radius 3 is 2.95 bits per heavy atom. The van der Waals surface area contributed by atoms with Crippen molar-refractivity contribution in [2.24, 2.45) is 0 Å². The third-order valence-corrected chi connectivity index (χ3v) is 4.61. The number of amides is 2. The lowest BCUT2D eigenvalue weighted by Gasteiger charge is -2.49. The molecule has 2 N–H and O–H groups in total. The van der Waals surface area contributed by atoms with Crippen LogP contribution in [0.2, 0.25) is 0 Å². The molecular formula is C14H14N2O4S. The summed E-state index contributed by atoms with van der Waals surface area (Å²) in [5.41, 5.74) is 0.0278. The van der Waals surface area contributed by atoms with E-state index in [1.807, 2.05) is 17.5 Å². The van der Waals surface area contributed by atoms with Gasteiger partial charge < -0.3 is 10.4 Å². The average Bonchev–Trinajstić information content (AvgIpc) is 2.96. The third-order valence-electron chi connectivity index (χ3n) is 3.73. The van der Waals surface area contributed by atoms with Gasteiger partial charge in [-0.25, -0.2) is 4.79 Å². The molecule has 6 nitrogen and oxygen atoms in total. The minimum Gasteiger partial charge on any atom is -0.477 e. The summed E-state index contributed by atoms with van der Waals surface area (Å²) in [7, 11) is 0. The summed E-state index contributed by atoms with van der Waals surface area (Å²) >= 11 is 1.49. The van der Waals surface area contributed by atoms with E-state index in [9.17, 15) is 14.4 Å². The normalized spacial score (nSPS) is 23.9. The molecule has 21 heavy (non-hydrogen) atoms. The predicted molar refractivity (Wildman–Crippen MR) is 75.5 cm³/mol. The van der Waals surface area contributed by atoms with Crippen LogP contribution in [0.25, 0.3) is 0 Å². The highest BCUT2D eigenvalue weighted by Crippen LogP contribution is 2.33. The molecule has 7 heteroatoms. The first-order chi connectivity index (χ1) is 10.1. The molecule has 0 aliphatic carbocycles. The van der Waals surface area contributed by atoms with Gasteiger partial charge in [-0.15, -0.1) is 11.3 Å². The molecule has 1 aromatic rings. The number of β-lactam (4-membered cyclic amide) rings is 1. The number of nitrogens with one attached hydrogen (secondary N) is 1. The topological polar surface area (TPSA) is 86.7 Å². The van der Waals surface area contributed by atoms with Gasteiger partial charge in [0, 0.05) is 4.88 Å². The summed E-state index contributed by atoms with van der Waals surface area (Å²) in [5, 5.41) is 13.7. The fraction of sp³-hybridized carbons (Fsp3) is 0.357. The summed E-state index contributed by atoms with van der Waals surface area (Å²) < 4.78 is 0. The van der Waals surface area contributed by atoms with Crippen LogP contribution in [0.3, 0.4) is 0 Å². The second kappa shape index (κ2) is 5.33. The summed E-state index contributed by atoms with van der Waals surface area (Å²) in [5.74, 6) is -1.65. The summed E-state index contributed by atoms with van der Waals surface area (Å²) in [6.45, 7) is 0. The van der Waals surface area contributed by atoms with Crippen molar-refractivity contribution in [1.29, 1.82) is 0 Å². The van der Waals surface area contributed by atoms with E-state index in [0.717, 1.165) is 4.88 Å². The molecule has 2 amide bonds. The number of carbonyl (C=O) groups excluding carboxylic acids is 2. The van der Waals surface area contributed by atoms with Gasteiger partial charge in [0.15, 0.2) is 0 Å². The van der Waals surface area contributed by atoms with E-state index in [-0.39, 0.29) is 30.0 Å². The number of aliphatic carboxylic acids is 1. The molecule has 0 aromatic carbocycles. The monoisotopic (exact) mass is 306 g/mol. The zero-order valence-corrected chi connectivity index (χ0v) is 11.9.